The first-order chi connectivity index (χ1) is 2.94. The Balaban J connectivity index is 3.79. The van der Waals surface area contributed by atoms with Crippen LogP contribution in [0, 0.1) is 0 Å². The number of carbonyl (C=O) groups is 1. The van der Waals surface area contributed by atoms with Crippen molar-refractivity contribution in [3.63, 3.8) is 0 Å². The van der Waals surface area contributed by atoms with E-state index in [1.807, 2.05) is 0 Å². The number of amides is 1. The third-order valence-corrected chi connectivity index (χ3v) is 0.373. The highest BCUT2D eigenvalue weighted by molar-refractivity contribution is 6.29. The maximum absolute atomic E-state index is 11.5. The van der Waals surface area contributed by atoms with E-state index < -0.39 is 11.5 Å². The molecule has 0 radical (unpaired) electrons. The summed E-state index contributed by atoms with van der Waals surface area (Å²) in [5.74, 6) is -1.49. The van der Waals surface area contributed by atoms with E-state index in [0.717, 1.165) is 0 Å². The highest BCUT2D eigenvalue weighted by atomic mass is 35.5. The fourth-order valence-corrected chi connectivity index (χ4v) is 0. The summed E-state index contributed by atoms with van der Waals surface area (Å²) in [4.78, 5) is 9.55. The average Bonchev–Trinajstić information content (AvgIpc) is 1.31. The second-order valence-electron chi connectivity index (χ2n) is 0.625. The van der Waals surface area contributed by atoms with Crippen molar-refractivity contribution in [1.82, 2.24) is 0 Å². The van der Waals surface area contributed by atoms with Crippen molar-refractivity contribution in [3.8, 4) is 0 Å². The zero-order valence-corrected chi connectivity index (χ0v) is 3.50. The van der Waals surface area contributed by atoms with E-state index >= 15 is 0 Å². The van der Waals surface area contributed by atoms with Gasteiger partial charge in [-0.3, -0.25) is 4.79 Å². The number of rotatable bonds is 1. The van der Waals surface area contributed by atoms with Gasteiger partial charge in [-0.05, 0) is 0 Å². The van der Waals surface area contributed by atoms with Crippen LogP contribution in [0.5, 0.6) is 0 Å². The van der Waals surface area contributed by atoms with Crippen LogP contribution >= 0.6 is 11.6 Å². The van der Waals surface area contributed by atoms with Crippen molar-refractivity contribution in [2.24, 2.45) is 5.73 Å². The van der Waals surface area contributed by atoms with E-state index in [1.54, 1.807) is 0 Å². The van der Waals surface area contributed by atoms with Gasteiger partial charge >= 0.3 is 0 Å². The van der Waals surface area contributed by atoms with Crippen LogP contribution in [0.2, 0.25) is 0 Å². The predicted octanol–water partition coefficient (Wildman–Crippen LogP) is 0.00610. The molecule has 0 heterocycles. The van der Waals surface area contributed by atoms with Crippen LogP contribution in [0.25, 0.3) is 0 Å². The molecule has 36 valence electrons. The molecule has 1 atom stereocenters. The lowest BCUT2D eigenvalue weighted by Crippen LogP contribution is -2.18. The van der Waals surface area contributed by atoms with Crippen molar-refractivity contribution in [2.75, 3.05) is 0 Å². The summed E-state index contributed by atoms with van der Waals surface area (Å²) < 4.78 is 17.5. The number of halogens is 2. The summed E-state index contributed by atoms with van der Waals surface area (Å²) in [5.41, 5.74) is 1.10. The standard InChI is InChI=1S/C2H3ClFNO/c3-1(4)2(5)6/h1H,(H2,5,6)/i1D. The number of primary amides is 1. The number of hydrogen-bond donors (Lipinski definition) is 1. The Kier molecular flexibility index (Phi) is 1.27. The molecule has 0 saturated heterocycles. The first-order valence-corrected chi connectivity index (χ1v) is 1.50. The number of nitrogens with two attached hydrogens (primary N) is 1. The third kappa shape index (κ3) is 1.96. The van der Waals surface area contributed by atoms with Crippen LogP contribution in [-0.4, -0.2) is 11.5 Å². The number of carbonyl (C=O) groups excluding carboxylic acids is 1. The highest BCUT2D eigenvalue weighted by Gasteiger charge is 2.04. The maximum Gasteiger partial charge on any atom is 0.267 e. The van der Waals surface area contributed by atoms with Crippen molar-refractivity contribution in [1.29, 1.82) is 0 Å². The molecule has 1 unspecified atom stereocenters. The maximum atomic E-state index is 11.5. The topological polar surface area (TPSA) is 43.1 Å². The molecule has 6 heavy (non-hydrogen) atoms. The Bertz CT molecular complexity index is 90.2. The fraction of sp³-hybridized carbons (Fsp3) is 0.500. The van der Waals surface area contributed by atoms with Crippen LogP contribution in [0.1, 0.15) is 1.37 Å². The molecule has 0 saturated carbocycles. The number of hydrogen-bond acceptors (Lipinski definition) is 1. The van der Waals surface area contributed by atoms with E-state index in [9.17, 15) is 9.18 Å². The first kappa shape index (κ1) is 3.87. The molecule has 0 aromatic carbocycles. The van der Waals surface area contributed by atoms with Gasteiger partial charge in [0.2, 0.25) is 0 Å². The zero-order chi connectivity index (χ0) is 6.08. The van der Waals surface area contributed by atoms with Gasteiger partial charge in [0.1, 0.15) is 0 Å². The van der Waals surface area contributed by atoms with E-state index in [4.69, 9.17) is 1.37 Å². The van der Waals surface area contributed by atoms with Crippen LogP contribution in [-0.2, 0) is 4.79 Å². The largest absolute Gasteiger partial charge is 0.366 e. The zero-order valence-electron chi connectivity index (χ0n) is 3.74. The normalized spacial score (nSPS) is 21.3. The quantitative estimate of drug-likeness (QED) is 0.477. The SMILES string of the molecule is [2H]C(F)(Cl)C(N)=O. The molecule has 0 bridgehead atoms. The lowest BCUT2D eigenvalue weighted by atomic mass is 10.7. The summed E-state index contributed by atoms with van der Waals surface area (Å²) >= 11 is 4.39. The second kappa shape index (κ2) is 1.97. The molecule has 2 N–H and O–H groups in total. The molecule has 0 rings (SSSR count). The molecule has 0 aliphatic carbocycles. The third-order valence-electron chi connectivity index (χ3n) is 0.186. The van der Waals surface area contributed by atoms with Gasteiger partial charge in [0, 0.05) is 0 Å². The first-order valence-electron chi connectivity index (χ1n) is 1.62. The van der Waals surface area contributed by atoms with Crippen LogP contribution in [0.4, 0.5) is 4.39 Å². The summed E-state index contributed by atoms with van der Waals surface area (Å²) in [6, 6.07) is 0. The Labute approximate surface area is 40.5 Å². The summed E-state index contributed by atoms with van der Waals surface area (Å²) in [6.07, 6.45) is 0. The van der Waals surface area contributed by atoms with E-state index in [-0.39, 0.29) is 0 Å². The minimum Gasteiger partial charge on any atom is -0.366 e. The molecule has 0 aliphatic heterocycles. The van der Waals surface area contributed by atoms with Gasteiger partial charge in [-0.25, -0.2) is 4.39 Å². The highest BCUT2D eigenvalue weighted by Crippen LogP contribution is 1.91. The van der Waals surface area contributed by atoms with Gasteiger partial charge in [0.25, 0.3) is 11.5 Å². The van der Waals surface area contributed by atoms with Crippen molar-refractivity contribution >= 4 is 17.5 Å². The molecule has 0 spiro atoms. The van der Waals surface area contributed by atoms with Gasteiger partial charge in [0.15, 0.2) is 0 Å². The summed E-state index contributed by atoms with van der Waals surface area (Å²) in [5, 5.41) is 0. The Morgan fingerprint density at radius 1 is 2.33 bits per heavy atom. The van der Waals surface area contributed by atoms with Crippen molar-refractivity contribution < 1.29 is 10.6 Å². The molecule has 4 heteroatoms. The molecule has 0 aromatic rings. The van der Waals surface area contributed by atoms with Gasteiger partial charge in [-0.15, -0.1) is 0 Å². The molecule has 1 amide bonds. The Morgan fingerprint density at radius 2 is 2.50 bits per heavy atom. The summed E-state index contributed by atoms with van der Waals surface area (Å²) in [6.45, 7) is 0. The summed E-state index contributed by atoms with van der Waals surface area (Å²) in [7, 11) is 0. The molecule has 2 nitrogen and oxygen atoms in total. The minimum atomic E-state index is -3.14. The van der Waals surface area contributed by atoms with E-state index in [0.29, 0.717) is 0 Å². The van der Waals surface area contributed by atoms with Gasteiger partial charge in [0.05, 0.1) is 1.37 Å². The van der Waals surface area contributed by atoms with Crippen LogP contribution < -0.4 is 5.73 Å². The lowest BCUT2D eigenvalue weighted by Gasteiger charge is -1.84. The average molecular weight is 113 g/mol. The van der Waals surface area contributed by atoms with Crippen molar-refractivity contribution in [2.45, 2.75) is 5.61 Å². The van der Waals surface area contributed by atoms with Gasteiger partial charge in [-0.1, -0.05) is 11.6 Å². The fourth-order valence-electron chi connectivity index (χ4n) is 0. The molecule has 0 aliphatic rings. The Hall–Kier alpha value is -0.310. The second-order valence-corrected chi connectivity index (χ2v) is 0.957. The minimum absolute atomic E-state index is 1.49. The molecule has 0 aromatic heterocycles. The lowest BCUT2D eigenvalue weighted by molar-refractivity contribution is -0.120. The Morgan fingerprint density at radius 3 is 2.50 bits per heavy atom. The predicted molar refractivity (Wildman–Crippen MR) is 19.9 cm³/mol. The van der Waals surface area contributed by atoms with E-state index in [1.165, 1.54) is 0 Å². The molecule has 0 fully saturated rings. The van der Waals surface area contributed by atoms with Crippen LogP contribution in [0.15, 0.2) is 0 Å². The molecular formula is C2H3ClFNO. The number of alkyl halides is 2. The van der Waals surface area contributed by atoms with Gasteiger partial charge in [-0.2, -0.15) is 0 Å². The van der Waals surface area contributed by atoms with E-state index in [2.05, 4.69) is 17.3 Å². The monoisotopic (exact) mass is 112 g/mol. The molecular weight excluding hydrogens is 108 g/mol. The van der Waals surface area contributed by atoms with Gasteiger partial charge < -0.3 is 5.73 Å². The van der Waals surface area contributed by atoms with Crippen LogP contribution in [0.3, 0.4) is 0 Å². The van der Waals surface area contributed by atoms with Crippen molar-refractivity contribution in [3.05, 3.63) is 0 Å². The smallest absolute Gasteiger partial charge is 0.267 e.